The fourth-order valence-electron chi connectivity index (χ4n) is 3.27. The Labute approximate surface area is 125 Å². The average Bonchev–Trinajstić information content (AvgIpc) is 3.02. The first-order valence-corrected chi connectivity index (χ1v) is 7.90. The molecule has 1 amide bonds. The molecule has 0 saturated carbocycles. The quantitative estimate of drug-likeness (QED) is 0.864. The van der Waals surface area contributed by atoms with Gasteiger partial charge in [0.25, 0.3) is 0 Å². The Hall–Kier alpha value is -1.40. The Balaban J connectivity index is 1.46. The number of nitrogens with zero attached hydrogens (tertiary/aromatic N) is 2. The van der Waals surface area contributed by atoms with Crippen molar-refractivity contribution in [3.63, 3.8) is 0 Å². The second-order valence-electron chi connectivity index (χ2n) is 6.04. The Morgan fingerprint density at radius 3 is 3.05 bits per heavy atom. The molecule has 1 aromatic heterocycles. The molecule has 2 saturated heterocycles. The fraction of sp³-hybridized carbons (Fsp3) is 0.733. The molecular formula is C15H24N4O2. The summed E-state index contributed by atoms with van der Waals surface area (Å²) in [5.41, 5.74) is 1.18. The van der Waals surface area contributed by atoms with Gasteiger partial charge in [0.15, 0.2) is 0 Å². The van der Waals surface area contributed by atoms with Crippen LogP contribution in [0.3, 0.4) is 0 Å². The van der Waals surface area contributed by atoms with Gasteiger partial charge in [-0.2, -0.15) is 5.10 Å². The summed E-state index contributed by atoms with van der Waals surface area (Å²) < 4.78 is 5.32. The van der Waals surface area contributed by atoms with E-state index in [4.69, 9.17) is 4.74 Å². The maximum atomic E-state index is 12.2. The number of hydrogen-bond acceptors (Lipinski definition) is 4. The van der Waals surface area contributed by atoms with Crippen molar-refractivity contribution in [2.75, 3.05) is 32.8 Å². The summed E-state index contributed by atoms with van der Waals surface area (Å²) in [5.74, 6) is 0.615. The number of ether oxygens (including phenoxy) is 1. The predicted octanol–water partition coefficient (Wildman–Crippen LogP) is 0.884. The van der Waals surface area contributed by atoms with Crippen molar-refractivity contribution >= 4 is 5.91 Å². The molecular weight excluding hydrogens is 268 g/mol. The topological polar surface area (TPSA) is 70.2 Å². The second-order valence-corrected chi connectivity index (χ2v) is 6.04. The summed E-state index contributed by atoms with van der Waals surface area (Å²) in [6.07, 6.45) is 5.96. The number of aromatic amines is 1. The van der Waals surface area contributed by atoms with Gasteiger partial charge in [0, 0.05) is 43.6 Å². The van der Waals surface area contributed by atoms with E-state index in [1.165, 1.54) is 12.1 Å². The predicted molar refractivity (Wildman–Crippen MR) is 79.0 cm³/mol. The molecule has 116 valence electrons. The number of carbonyl (C=O) groups is 1. The van der Waals surface area contributed by atoms with E-state index in [-0.39, 0.29) is 5.91 Å². The van der Waals surface area contributed by atoms with Crippen molar-refractivity contribution in [1.82, 2.24) is 20.4 Å². The lowest BCUT2D eigenvalue weighted by Gasteiger charge is -2.32. The number of piperidine rings is 1. The minimum atomic E-state index is 0.146. The van der Waals surface area contributed by atoms with Gasteiger partial charge in [-0.25, -0.2) is 0 Å². The number of H-pyrrole nitrogens is 1. The highest BCUT2D eigenvalue weighted by Crippen LogP contribution is 2.24. The number of hydrogen-bond donors (Lipinski definition) is 2. The van der Waals surface area contributed by atoms with Crippen LogP contribution in [0.25, 0.3) is 0 Å². The first-order valence-electron chi connectivity index (χ1n) is 7.90. The van der Waals surface area contributed by atoms with Crippen LogP contribution < -0.4 is 5.32 Å². The lowest BCUT2D eigenvalue weighted by atomic mass is 9.95. The fourth-order valence-corrected chi connectivity index (χ4v) is 3.27. The monoisotopic (exact) mass is 292 g/mol. The van der Waals surface area contributed by atoms with Crippen LogP contribution in [-0.4, -0.2) is 59.9 Å². The molecule has 3 rings (SSSR count). The van der Waals surface area contributed by atoms with E-state index in [9.17, 15) is 4.79 Å². The van der Waals surface area contributed by atoms with E-state index in [0.717, 1.165) is 45.6 Å². The van der Waals surface area contributed by atoms with Crippen LogP contribution in [0, 0.1) is 0 Å². The van der Waals surface area contributed by atoms with Gasteiger partial charge in [0.2, 0.25) is 5.91 Å². The standard InChI is InChI=1S/C15H24N4O2/c20-15(17-13-4-8-21-9-5-13)11-19-7-1-2-12(10-19)14-3-6-16-18-14/h3,6,12-13H,1-2,4-5,7-11H2,(H,16,18)(H,17,20)/t12-/m1/s1. The van der Waals surface area contributed by atoms with Crippen LogP contribution in [0.15, 0.2) is 12.3 Å². The molecule has 0 unspecified atom stereocenters. The number of nitrogens with one attached hydrogen (secondary N) is 2. The highest BCUT2D eigenvalue weighted by atomic mass is 16.5. The first-order chi connectivity index (χ1) is 10.3. The molecule has 0 radical (unpaired) electrons. The molecule has 1 aromatic rings. The van der Waals surface area contributed by atoms with Crippen molar-refractivity contribution in [3.05, 3.63) is 18.0 Å². The van der Waals surface area contributed by atoms with Gasteiger partial charge in [-0.05, 0) is 38.3 Å². The van der Waals surface area contributed by atoms with Crippen LogP contribution in [0.4, 0.5) is 0 Å². The van der Waals surface area contributed by atoms with Gasteiger partial charge in [-0.3, -0.25) is 14.8 Å². The average molecular weight is 292 g/mol. The second kappa shape index (κ2) is 7.04. The molecule has 2 fully saturated rings. The molecule has 2 N–H and O–H groups in total. The smallest absolute Gasteiger partial charge is 0.234 e. The number of carbonyl (C=O) groups excluding carboxylic acids is 1. The number of rotatable bonds is 4. The Morgan fingerprint density at radius 2 is 2.29 bits per heavy atom. The van der Waals surface area contributed by atoms with Crippen LogP contribution in [0.5, 0.6) is 0 Å². The van der Waals surface area contributed by atoms with Crippen LogP contribution in [0.2, 0.25) is 0 Å². The zero-order valence-electron chi connectivity index (χ0n) is 12.4. The molecule has 3 heterocycles. The minimum Gasteiger partial charge on any atom is -0.381 e. The number of aromatic nitrogens is 2. The van der Waals surface area contributed by atoms with E-state index in [1.807, 2.05) is 6.07 Å². The lowest BCUT2D eigenvalue weighted by molar-refractivity contribution is -0.123. The van der Waals surface area contributed by atoms with Crippen LogP contribution >= 0.6 is 0 Å². The number of likely N-dealkylation sites (tertiary alicyclic amines) is 1. The Bertz CT molecular complexity index is 443. The summed E-state index contributed by atoms with van der Waals surface area (Å²) in [6.45, 7) is 3.96. The van der Waals surface area contributed by atoms with Crippen molar-refractivity contribution in [3.8, 4) is 0 Å². The van der Waals surface area contributed by atoms with Gasteiger partial charge in [0.1, 0.15) is 0 Å². The zero-order valence-corrected chi connectivity index (χ0v) is 12.4. The Kier molecular flexibility index (Phi) is 4.87. The van der Waals surface area contributed by atoms with Gasteiger partial charge >= 0.3 is 0 Å². The molecule has 2 aliphatic heterocycles. The molecule has 2 aliphatic rings. The lowest BCUT2D eigenvalue weighted by Crippen LogP contribution is -2.46. The van der Waals surface area contributed by atoms with E-state index < -0.39 is 0 Å². The van der Waals surface area contributed by atoms with E-state index >= 15 is 0 Å². The third-order valence-corrected chi connectivity index (χ3v) is 4.42. The normalized spacial score (nSPS) is 24.9. The van der Waals surface area contributed by atoms with Crippen molar-refractivity contribution in [2.45, 2.75) is 37.6 Å². The minimum absolute atomic E-state index is 0.146. The van der Waals surface area contributed by atoms with Crippen molar-refractivity contribution in [2.24, 2.45) is 0 Å². The zero-order chi connectivity index (χ0) is 14.5. The molecule has 6 nitrogen and oxygen atoms in total. The van der Waals surface area contributed by atoms with E-state index in [0.29, 0.717) is 18.5 Å². The third-order valence-electron chi connectivity index (χ3n) is 4.42. The summed E-state index contributed by atoms with van der Waals surface area (Å²) in [7, 11) is 0. The molecule has 0 aromatic carbocycles. The SMILES string of the molecule is O=C(CN1CCC[C@@H](c2ccn[nH]2)C1)NC1CCOCC1. The third kappa shape index (κ3) is 4.04. The van der Waals surface area contributed by atoms with Gasteiger partial charge < -0.3 is 10.1 Å². The maximum Gasteiger partial charge on any atom is 0.234 e. The largest absolute Gasteiger partial charge is 0.381 e. The van der Waals surface area contributed by atoms with Gasteiger partial charge in [0.05, 0.1) is 6.54 Å². The van der Waals surface area contributed by atoms with E-state index in [1.54, 1.807) is 6.20 Å². The summed E-state index contributed by atoms with van der Waals surface area (Å²) in [5, 5.41) is 10.2. The molecule has 0 bridgehead atoms. The first kappa shape index (κ1) is 14.5. The van der Waals surface area contributed by atoms with Crippen molar-refractivity contribution in [1.29, 1.82) is 0 Å². The van der Waals surface area contributed by atoms with Crippen molar-refractivity contribution < 1.29 is 9.53 Å². The van der Waals surface area contributed by atoms with Crippen LogP contribution in [0.1, 0.15) is 37.3 Å². The Morgan fingerprint density at radius 1 is 1.43 bits per heavy atom. The summed E-state index contributed by atoms with van der Waals surface area (Å²) >= 11 is 0. The molecule has 0 aliphatic carbocycles. The maximum absolute atomic E-state index is 12.2. The van der Waals surface area contributed by atoms with Gasteiger partial charge in [-0.1, -0.05) is 0 Å². The molecule has 21 heavy (non-hydrogen) atoms. The molecule has 0 spiro atoms. The van der Waals surface area contributed by atoms with Gasteiger partial charge in [-0.15, -0.1) is 0 Å². The number of amides is 1. The molecule has 1 atom stereocenters. The van der Waals surface area contributed by atoms with Crippen LogP contribution in [-0.2, 0) is 9.53 Å². The molecule has 6 heteroatoms. The highest BCUT2D eigenvalue weighted by Gasteiger charge is 2.24. The summed E-state index contributed by atoms with van der Waals surface area (Å²) in [4.78, 5) is 14.4. The highest BCUT2D eigenvalue weighted by molar-refractivity contribution is 5.78. The van der Waals surface area contributed by atoms with E-state index in [2.05, 4.69) is 20.4 Å². The summed E-state index contributed by atoms with van der Waals surface area (Å²) in [6, 6.07) is 2.33.